The summed E-state index contributed by atoms with van der Waals surface area (Å²) in [5, 5.41) is 9.10. The van der Waals surface area contributed by atoms with Crippen molar-refractivity contribution >= 4 is 16.6 Å². The summed E-state index contributed by atoms with van der Waals surface area (Å²) in [5.41, 5.74) is -1.10. The number of rotatable bonds is 5. The fourth-order valence-electron chi connectivity index (χ4n) is 1.11. The maximum atomic E-state index is 13.4. The number of hydrogen-bond acceptors (Lipinski definition) is 6. The van der Waals surface area contributed by atoms with Crippen molar-refractivity contribution in [3.05, 3.63) is 0 Å². The van der Waals surface area contributed by atoms with Gasteiger partial charge in [0.1, 0.15) is 0 Å². The first-order valence-electron chi connectivity index (χ1n) is 4.40. The first kappa shape index (κ1) is 14.4. The van der Waals surface area contributed by atoms with Gasteiger partial charge < -0.3 is 0 Å². The van der Waals surface area contributed by atoms with E-state index in [0.717, 1.165) is 7.11 Å². The second kappa shape index (κ2) is 5.78. The van der Waals surface area contributed by atoms with Crippen LogP contribution in [0.4, 0.5) is 8.39 Å². The van der Waals surface area contributed by atoms with E-state index in [0.29, 0.717) is 0 Å². The van der Waals surface area contributed by atoms with Crippen molar-refractivity contribution in [2.75, 3.05) is 33.5 Å². The molecule has 6 nitrogen and oxygen atoms in total. The molecule has 0 saturated carbocycles. The van der Waals surface area contributed by atoms with Gasteiger partial charge in [-0.3, -0.25) is 0 Å². The molecule has 1 aliphatic rings. The van der Waals surface area contributed by atoms with Gasteiger partial charge in [-0.15, -0.1) is 0 Å². The normalized spacial score (nSPS) is 33.2. The van der Waals surface area contributed by atoms with Crippen molar-refractivity contribution in [3.8, 4) is 0 Å². The molecule has 0 aromatic carbocycles. The van der Waals surface area contributed by atoms with Crippen LogP contribution in [0, 0.1) is 5.41 Å². The average Bonchev–Trinajstić information content (AvgIpc) is 2.29. The molecular formula is C6H14F2O6P2. The Bertz CT molecular complexity index is 257. The van der Waals surface area contributed by atoms with E-state index >= 15 is 0 Å². The van der Waals surface area contributed by atoms with E-state index in [4.69, 9.17) is 14.2 Å². The summed E-state index contributed by atoms with van der Waals surface area (Å²) < 4.78 is 53.8. The van der Waals surface area contributed by atoms with Crippen LogP contribution in [-0.4, -0.2) is 38.6 Å². The average molecular weight is 282 g/mol. The summed E-state index contributed by atoms with van der Waals surface area (Å²) in [4.78, 5) is 0. The SMILES string of the molecule is CO[PH]1(F)OCC(CO)(CO[PH](=O)F)CO1. The number of halogens is 2. The molecule has 1 atom stereocenters. The summed E-state index contributed by atoms with van der Waals surface area (Å²) in [7, 11) is -6.60. The first-order chi connectivity index (χ1) is 7.45. The van der Waals surface area contributed by atoms with Crippen molar-refractivity contribution in [3.63, 3.8) is 0 Å². The molecule has 1 rings (SSSR count). The van der Waals surface area contributed by atoms with Crippen LogP contribution in [0.15, 0.2) is 0 Å². The molecular weight excluding hydrogens is 268 g/mol. The fraction of sp³-hybridized carbons (Fsp3) is 1.00. The predicted octanol–water partition coefficient (Wildman–Crippen LogP) is 1.41. The molecule has 0 aromatic heterocycles. The van der Waals surface area contributed by atoms with Gasteiger partial charge in [0, 0.05) is 0 Å². The molecule has 10 heteroatoms. The molecule has 1 fully saturated rings. The maximum absolute atomic E-state index is 13.4. The summed E-state index contributed by atoms with van der Waals surface area (Å²) in [6.45, 7) is -1.31. The van der Waals surface area contributed by atoms with Gasteiger partial charge in [0.05, 0.1) is 0 Å². The fourth-order valence-corrected chi connectivity index (χ4v) is 2.81. The van der Waals surface area contributed by atoms with E-state index in [2.05, 4.69) is 9.05 Å². The Kier molecular flexibility index (Phi) is 5.19. The van der Waals surface area contributed by atoms with Gasteiger partial charge in [0.25, 0.3) is 0 Å². The Balaban J connectivity index is 2.54. The molecule has 1 heterocycles. The van der Waals surface area contributed by atoms with Gasteiger partial charge in [0.2, 0.25) is 0 Å². The van der Waals surface area contributed by atoms with Crippen molar-refractivity contribution in [1.29, 1.82) is 0 Å². The summed E-state index contributed by atoms with van der Waals surface area (Å²) in [6, 6.07) is 0. The van der Waals surface area contributed by atoms with Crippen LogP contribution in [0.1, 0.15) is 0 Å². The molecule has 0 spiro atoms. The van der Waals surface area contributed by atoms with Gasteiger partial charge in [-0.1, -0.05) is 0 Å². The summed E-state index contributed by atoms with van der Waals surface area (Å²) in [5.74, 6) is 0. The van der Waals surface area contributed by atoms with Gasteiger partial charge in [-0.2, -0.15) is 0 Å². The Morgan fingerprint density at radius 2 is 2.12 bits per heavy atom. The predicted molar refractivity (Wildman–Crippen MR) is 53.9 cm³/mol. The molecule has 1 aliphatic heterocycles. The van der Waals surface area contributed by atoms with Crippen LogP contribution in [-0.2, 0) is 22.7 Å². The summed E-state index contributed by atoms with van der Waals surface area (Å²) >= 11 is 0. The van der Waals surface area contributed by atoms with Crippen molar-refractivity contribution in [2.24, 2.45) is 5.41 Å². The zero-order valence-corrected chi connectivity index (χ0v) is 10.6. The molecule has 0 aliphatic carbocycles. The molecule has 0 radical (unpaired) electrons. The molecule has 1 unspecified atom stereocenters. The van der Waals surface area contributed by atoms with Gasteiger partial charge >= 0.3 is 91.7 Å². The van der Waals surface area contributed by atoms with Gasteiger partial charge in [-0.25, -0.2) is 0 Å². The van der Waals surface area contributed by atoms with Crippen LogP contribution in [0.3, 0.4) is 0 Å². The molecule has 1 saturated heterocycles. The minimum absolute atomic E-state index is 0.241. The molecule has 98 valence electrons. The number of aliphatic hydroxyl groups is 1. The number of aliphatic hydroxyl groups excluding tert-OH is 1. The third-order valence-corrected chi connectivity index (χ3v) is 4.01. The van der Waals surface area contributed by atoms with E-state index in [1.165, 1.54) is 0 Å². The van der Waals surface area contributed by atoms with Crippen LogP contribution in [0.2, 0.25) is 0 Å². The van der Waals surface area contributed by atoms with Crippen LogP contribution in [0.5, 0.6) is 0 Å². The monoisotopic (exact) mass is 282 g/mol. The zero-order chi connectivity index (χ0) is 12.2. The minimum atomic E-state index is -4.10. The van der Waals surface area contributed by atoms with Crippen molar-refractivity contribution in [1.82, 2.24) is 0 Å². The second-order valence-electron chi connectivity index (χ2n) is 3.45. The molecule has 16 heavy (non-hydrogen) atoms. The van der Waals surface area contributed by atoms with Gasteiger partial charge in [0.15, 0.2) is 0 Å². The standard InChI is InChI=1S/C6H14F2O6P2/c1-11-16(8)13-4-6(2-9,5-14-16)3-12-15(7)10/h9,15-16H,2-5H2,1H3. The second-order valence-corrected chi connectivity index (χ2v) is 6.16. The topological polar surface area (TPSA) is 74.2 Å². The van der Waals surface area contributed by atoms with E-state index in [1.54, 1.807) is 0 Å². The van der Waals surface area contributed by atoms with Crippen LogP contribution in [0.25, 0.3) is 0 Å². The van der Waals surface area contributed by atoms with Crippen LogP contribution >= 0.6 is 16.6 Å². The van der Waals surface area contributed by atoms with Gasteiger partial charge in [-0.05, 0) is 0 Å². The quantitative estimate of drug-likeness (QED) is 0.768. The van der Waals surface area contributed by atoms with Crippen molar-refractivity contribution < 1.29 is 36.2 Å². The third-order valence-electron chi connectivity index (χ3n) is 2.17. The van der Waals surface area contributed by atoms with E-state index < -0.39 is 28.6 Å². The Hall–Kier alpha value is 0.320. The Morgan fingerprint density at radius 3 is 2.50 bits per heavy atom. The molecule has 0 bridgehead atoms. The zero-order valence-electron chi connectivity index (χ0n) is 8.57. The third kappa shape index (κ3) is 3.67. The molecule has 0 amide bonds. The van der Waals surface area contributed by atoms with E-state index in [1.807, 2.05) is 0 Å². The summed E-state index contributed by atoms with van der Waals surface area (Å²) in [6.07, 6.45) is 0. The van der Waals surface area contributed by atoms with E-state index in [-0.39, 0.29) is 19.8 Å². The Labute approximate surface area is 92.5 Å². The van der Waals surface area contributed by atoms with E-state index in [9.17, 15) is 13.0 Å². The van der Waals surface area contributed by atoms with Crippen molar-refractivity contribution in [2.45, 2.75) is 0 Å². The first-order valence-corrected chi connectivity index (χ1v) is 7.20. The molecule has 1 N–H and O–H groups in total. The Morgan fingerprint density at radius 1 is 1.56 bits per heavy atom. The molecule has 0 aromatic rings. The van der Waals surface area contributed by atoms with Crippen LogP contribution < -0.4 is 0 Å². The number of hydrogen-bond donors (Lipinski definition) is 1.